The highest BCUT2D eigenvalue weighted by Crippen LogP contribution is 2.36. The minimum Gasteiger partial charge on any atom is -0.341 e. The first-order valence-electron chi connectivity index (χ1n) is 9.80. The summed E-state index contributed by atoms with van der Waals surface area (Å²) in [6, 6.07) is 6.22. The number of nitrogens with one attached hydrogen (secondary N) is 1. The fourth-order valence-electron chi connectivity index (χ4n) is 4.68. The molecule has 0 unspecified atom stereocenters. The number of hydrogen-bond acceptors (Lipinski definition) is 4. The van der Waals surface area contributed by atoms with Gasteiger partial charge in [-0.25, -0.2) is 4.79 Å². The van der Waals surface area contributed by atoms with Crippen molar-refractivity contribution in [1.29, 1.82) is 0 Å². The smallest absolute Gasteiger partial charge is 0.317 e. The van der Waals surface area contributed by atoms with E-state index in [2.05, 4.69) is 46.3 Å². The molecular formula is C20H33N5O. The summed E-state index contributed by atoms with van der Waals surface area (Å²) in [5, 5.41) is 2.80. The molecule has 0 spiro atoms. The predicted octanol–water partition coefficient (Wildman–Crippen LogP) is 1.74. The molecule has 1 aromatic heterocycles. The third kappa shape index (κ3) is 4.74. The standard InChI is InChI=1S/C20H33N5O/c1-21-20(26)25-13-17(12-23(2)3)19(15-25)16-7-10-24(11-8-16)14-18-6-4-5-9-22-18/h4-6,9,16-17,19H,7-8,10-15H2,1-3H3,(H,21,26)/t17-,19-/m1/s1. The van der Waals surface area contributed by atoms with Crippen LogP contribution in [-0.2, 0) is 6.54 Å². The molecule has 6 nitrogen and oxygen atoms in total. The summed E-state index contributed by atoms with van der Waals surface area (Å²) < 4.78 is 0. The maximum atomic E-state index is 12.1. The van der Waals surface area contributed by atoms with E-state index in [0.717, 1.165) is 50.9 Å². The van der Waals surface area contributed by atoms with Crippen LogP contribution in [0.25, 0.3) is 0 Å². The maximum absolute atomic E-state index is 12.1. The first-order chi connectivity index (χ1) is 12.6. The highest BCUT2D eigenvalue weighted by atomic mass is 16.2. The molecule has 0 saturated carbocycles. The van der Waals surface area contributed by atoms with Gasteiger partial charge in [-0.05, 0) is 69.9 Å². The Morgan fingerprint density at radius 2 is 2.04 bits per heavy atom. The zero-order valence-electron chi connectivity index (χ0n) is 16.4. The number of hydrogen-bond donors (Lipinski definition) is 1. The average Bonchev–Trinajstić information content (AvgIpc) is 3.05. The van der Waals surface area contributed by atoms with E-state index in [9.17, 15) is 4.79 Å². The molecule has 144 valence electrons. The van der Waals surface area contributed by atoms with E-state index in [0.29, 0.717) is 11.8 Å². The van der Waals surface area contributed by atoms with E-state index in [1.165, 1.54) is 12.8 Å². The van der Waals surface area contributed by atoms with Crippen molar-refractivity contribution in [3.05, 3.63) is 30.1 Å². The van der Waals surface area contributed by atoms with Gasteiger partial charge in [-0.15, -0.1) is 0 Å². The lowest BCUT2D eigenvalue weighted by Gasteiger charge is -2.36. The predicted molar refractivity (Wildman–Crippen MR) is 104 cm³/mol. The highest BCUT2D eigenvalue weighted by molar-refractivity contribution is 5.74. The van der Waals surface area contributed by atoms with Gasteiger partial charge in [0.1, 0.15) is 0 Å². The second-order valence-electron chi connectivity index (χ2n) is 8.08. The molecule has 3 heterocycles. The van der Waals surface area contributed by atoms with Crippen LogP contribution in [-0.4, -0.2) is 79.6 Å². The van der Waals surface area contributed by atoms with Gasteiger partial charge < -0.3 is 15.1 Å². The number of piperidine rings is 1. The molecule has 2 aliphatic rings. The molecule has 0 aliphatic carbocycles. The Bertz CT molecular complexity index is 571. The van der Waals surface area contributed by atoms with Crippen molar-refractivity contribution >= 4 is 6.03 Å². The number of urea groups is 1. The summed E-state index contributed by atoms with van der Waals surface area (Å²) in [6.07, 6.45) is 4.33. The Labute approximate surface area is 157 Å². The minimum absolute atomic E-state index is 0.0730. The van der Waals surface area contributed by atoms with Crippen LogP contribution in [0.5, 0.6) is 0 Å². The normalized spacial score (nSPS) is 25.0. The van der Waals surface area contributed by atoms with Gasteiger partial charge >= 0.3 is 6.03 Å². The lowest BCUT2D eigenvalue weighted by molar-refractivity contribution is 0.120. The van der Waals surface area contributed by atoms with Gasteiger partial charge in [0.15, 0.2) is 0 Å². The number of likely N-dealkylation sites (tertiary alicyclic amines) is 2. The van der Waals surface area contributed by atoms with Crippen LogP contribution in [0.1, 0.15) is 18.5 Å². The Morgan fingerprint density at radius 1 is 1.27 bits per heavy atom. The third-order valence-corrected chi connectivity index (χ3v) is 5.94. The van der Waals surface area contributed by atoms with Crippen molar-refractivity contribution in [2.45, 2.75) is 19.4 Å². The molecule has 3 rings (SSSR count). The number of carbonyl (C=O) groups is 1. The van der Waals surface area contributed by atoms with Gasteiger partial charge in [0.05, 0.1) is 5.69 Å². The topological polar surface area (TPSA) is 51.7 Å². The van der Waals surface area contributed by atoms with Crippen LogP contribution in [0.3, 0.4) is 0 Å². The Morgan fingerprint density at radius 3 is 2.65 bits per heavy atom. The zero-order valence-corrected chi connectivity index (χ0v) is 16.4. The quantitative estimate of drug-likeness (QED) is 0.870. The van der Waals surface area contributed by atoms with Crippen LogP contribution in [0.15, 0.2) is 24.4 Å². The molecule has 26 heavy (non-hydrogen) atoms. The largest absolute Gasteiger partial charge is 0.341 e. The van der Waals surface area contributed by atoms with Crippen molar-refractivity contribution in [1.82, 2.24) is 25.0 Å². The molecule has 2 atom stereocenters. The molecule has 2 saturated heterocycles. The Hall–Kier alpha value is -1.66. The van der Waals surface area contributed by atoms with E-state index in [4.69, 9.17) is 0 Å². The summed E-state index contributed by atoms with van der Waals surface area (Å²) in [6.45, 7) is 6.06. The third-order valence-electron chi connectivity index (χ3n) is 5.94. The van der Waals surface area contributed by atoms with E-state index < -0.39 is 0 Å². The van der Waals surface area contributed by atoms with Crippen molar-refractivity contribution in [3.8, 4) is 0 Å². The molecule has 0 bridgehead atoms. The molecule has 1 N–H and O–H groups in total. The van der Waals surface area contributed by atoms with Crippen molar-refractivity contribution in [3.63, 3.8) is 0 Å². The van der Waals surface area contributed by atoms with Crippen molar-refractivity contribution in [2.24, 2.45) is 17.8 Å². The number of aromatic nitrogens is 1. The molecule has 6 heteroatoms. The van der Waals surface area contributed by atoms with Crippen LogP contribution >= 0.6 is 0 Å². The average molecular weight is 360 g/mol. The van der Waals surface area contributed by atoms with Gasteiger partial charge in [-0.3, -0.25) is 9.88 Å². The van der Waals surface area contributed by atoms with Gasteiger partial charge in [0, 0.05) is 39.4 Å². The van der Waals surface area contributed by atoms with Crippen molar-refractivity contribution in [2.75, 3.05) is 53.9 Å². The summed E-state index contributed by atoms with van der Waals surface area (Å²) in [7, 11) is 6.00. The highest BCUT2D eigenvalue weighted by Gasteiger charge is 2.40. The van der Waals surface area contributed by atoms with Crippen molar-refractivity contribution < 1.29 is 4.79 Å². The minimum atomic E-state index is 0.0730. The second kappa shape index (κ2) is 8.82. The molecule has 0 aromatic carbocycles. The van der Waals surface area contributed by atoms with Crippen LogP contribution in [0, 0.1) is 17.8 Å². The maximum Gasteiger partial charge on any atom is 0.317 e. The van der Waals surface area contributed by atoms with Gasteiger partial charge in [-0.2, -0.15) is 0 Å². The van der Waals surface area contributed by atoms with Crippen LogP contribution < -0.4 is 5.32 Å². The molecule has 0 radical (unpaired) electrons. The first kappa shape index (κ1) is 19.1. The summed E-state index contributed by atoms with van der Waals surface area (Å²) >= 11 is 0. The first-order valence-corrected chi connectivity index (χ1v) is 9.80. The molecule has 2 amide bonds. The zero-order chi connectivity index (χ0) is 18.5. The summed E-state index contributed by atoms with van der Waals surface area (Å²) in [5.74, 6) is 1.91. The molecule has 2 aliphatic heterocycles. The number of nitrogens with zero attached hydrogens (tertiary/aromatic N) is 4. The number of rotatable bonds is 5. The van der Waals surface area contributed by atoms with E-state index >= 15 is 0 Å². The second-order valence-corrected chi connectivity index (χ2v) is 8.08. The summed E-state index contributed by atoms with van der Waals surface area (Å²) in [4.78, 5) is 23.4. The fraction of sp³-hybridized carbons (Fsp3) is 0.700. The lowest BCUT2D eigenvalue weighted by atomic mass is 9.78. The molecule has 1 aromatic rings. The SMILES string of the molecule is CNC(=O)N1C[C@@H](CN(C)C)[C@@H](C2CCN(Cc3ccccn3)CC2)C1. The monoisotopic (exact) mass is 359 g/mol. The van der Waals surface area contributed by atoms with E-state index in [1.54, 1.807) is 7.05 Å². The van der Waals surface area contributed by atoms with Crippen LogP contribution in [0.2, 0.25) is 0 Å². The van der Waals surface area contributed by atoms with E-state index in [-0.39, 0.29) is 6.03 Å². The Balaban J connectivity index is 1.56. The number of amides is 2. The fourth-order valence-corrected chi connectivity index (χ4v) is 4.68. The van der Waals surface area contributed by atoms with Crippen LogP contribution in [0.4, 0.5) is 4.79 Å². The molecule has 2 fully saturated rings. The summed E-state index contributed by atoms with van der Waals surface area (Å²) in [5.41, 5.74) is 1.16. The van der Waals surface area contributed by atoms with E-state index in [1.807, 2.05) is 17.2 Å². The lowest BCUT2D eigenvalue weighted by Crippen LogP contribution is -2.39. The number of pyridine rings is 1. The molecular weight excluding hydrogens is 326 g/mol. The Kier molecular flexibility index (Phi) is 6.48. The van der Waals surface area contributed by atoms with Gasteiger partial charge in [0.2, 0.25) is 0 Å². The number of carbonyl (C=O) groups excluding carboxylic acids is 1. The van der Waals surface area contributed by atoms with Gasteiger partial charge in [0.25, 0.3) is 0 Å². The van der Waals surface area contributed by atoms with Gasteiger partial charge in [-0.1, -0.05) is 6.07 Å².